The molecule has 0 unspecified atom stereocenters. The van der Waals surface area contributed by atoms with Crippen molar-refractivity contribution in [3.63, 3.8) is 0 Å². The lowest BCUT2D eigenvalue weighted by molar-refractivity contribution is 0.398. The van der Waals surface area contributed by atoms with Crippen molar-refractivity contribution >= 4 is 22.1 Å². The number of para-hydroxylation sites is 4. The molecule has 0 N–H and O–H groups in total. The molecule has 6 aromatic rings. The normalized spacial score (nSPS) is 13.4. The fourth-order valence-corrected chi connectivity index (χ4v) is 8.18. The van der Waals surface area contributed by atoms with Crippen LogP contribution in [0.1, 0.15) is 113 Å². The Balaban J connectivity index is 1.28. The number of imidazole rings is 2. The summed E-state index contributed by atoms with van der Waals surface area (Å²) in [5.74, 6) is 0. The molecule has 1 aliphatic carbocycles. The SMILES string of the molecule is CCCCCCCC1(CCCCCCC)c2cc(Cn3cnc4ccccc43)ccc2-c2ccc(Cn3cnc4ccccc43)cc21. The monoisotopic (exact) mass is 622 g/mol. The predicted molar refractivity (Wildman–Crippen MR) is 197 cm³/mol. The van der Waals surface area contributed by atoms with Crippen molar-refractivity contribution in [2.24, 2.45) is 0 Å². The molecule has 7 rings (SSSR count). The molecule has 0 saturated carbocycles. The van der Waals surface area contributed by atoms with Gasteiger partial charge in [0.15, 0.2) is 0 Å². The average molecular weight is 623 g/mol. The van der Waals surface area contributed by atoms with Crippen LogP contribution in [-0.4, -0.2) is 19.1 Å². The third-order valence-corrected chi connectivity index (χ3v) is 10.7. The van der Waals surface area contributed by atoms with Crippen molar-refractivity contribution in [1.29, 1.82) is 0 Å². The van der Waals surface area contributed by atoms with Crippen LogP contribution < -0.4 is 0 Å². The van der Waals surface area contributed by atoms with Crippen LogP contribution in [0, 0.1) is 0 Å². The van der Waals surface area contributed by atoms with Crippen LogP contribution in [0.3, 0.4) is 0 Å². The molecule has 4 heteroatoms. The largest absolute Gasteiger partial charge is 0.326 e. The molecular weight excluding hydrogens is 573 g/mol. The van der Waals surface area contributed by atoms with Crippen molar-refractivity contribution < 1.29 is 0 Å². The second-order valence-corrected chi connectivity index (χ2v) is 13.9. The summed E-state index contributed by atoms with van der Waals surface area (Å²) < 4.78 is 4.62. The summed E-state index contributed by atoms with van der Waals surface area (Å²) in [4.78, 5) is 9.39. The molecule has 4 aromatic carbocycles. The van der Waals surface area contributed by atoms with Crippen LogP contribution in [-0.2, 0) is 18.5 Å². The first kappa shape index (κ1) is 31.4. The molecule has 4 nitrogen and oxygen atoms in total. The minimum absolute atomic E-state index is 0.0448. The van der Waals surface area contributed by atoms with Gasteiger partial charge < -0.3 is 9.13 Å². The van der Waals surface area contributed by atoms with Gasteiger partial charge in [-0.15, -0.1) is 0 Å². The van der Waals surface area contributed by atoms with Crippen molar-refractivity contribution in [2.45, 2.75) is 109 Å². The van der Waals surface area contributed by atoms with Gasteiger partial charge in [-0.05, 0) is 70.5 Å². The van der Waals surface area contributed by atoms with E-state index in [-0.39, 0.29) is 5.41 Å². The van der Waals surface area contributed by atoms with Crippen LogP contribution in [0.4, 0.5) is 0 Å². The molecule has 2 aromatic heterocycles. The fourth-order valence-electron chi connectivity index (χ4n) is 8.18. The van der Waals surface area contributed by atoms with Crippen LogP contribution in [0.25, 0.3) is 33.2 Å². The zero-order valence-electron chi connectivity index (χ0n) is 28.4. The molecule has 0 spiro atoms. The third-order valence-electron chi connectivity index (χ3n) is 10.7. The first-order valence-electron chi connectivity index (χ1n) is 18.3. The van der Waals surface area contributed by atoms with Gasteiger partial charge >= 0.3 is 0 Å². The van der Waals surface area contributed by atoms with Gasteiger partial charge in [0.05, 0.1) is 34.7 Å². The first-order chi connectivity index (χ1) is 23.2. The van der Waals surface area contributed by atoms with Gasteiger partial charge in [0.2, 0.25) is 0 Å². The van der Waals surface area contributed by atoms with Crippen LogP contribution in [0.2, 0.25) is 0 Å². The summed E-state index contributed by atoms with van der Waals surface area (Å²) in [6, 6.07) is 31.7. The predicted octanol–water partition coefficient (Wildman–Crippen LogP) is 11.5. The maximum Gasteiger partial charge on any atom is 0.0961 e. The lowest BCUT2D eigenvalue weighted by atomic mass is 9.70. The number of hydrogen-bond donors (Lipinski definition) is 0. The van der Waals surface area contributed by atoms with Gasteiger partial charge in [-0.25, -0.2) is 9.97 Å². The lowest BCUT2D eigenvalue weighted by Crippen LogP contribution is -2.26. The summed E-state index contributed by atoms with van der Waals surface area (Å²) in [7, 11) is 0. The summed E-state index contributed by atoms with van der Waals surface area (Å²) in [5.41, 5.74) is 13.3. The van der Waals surface area contributed by atoms with Gasteiger partial charge in [-0.2, -0.15) is 0 Å². The summed E-state index contributed by atoms with van der Waals surface area (Å²) >= 11 is 0. The molecule has 0 fully saturated rings. The van der Waals surface area contributed by atoms with E-state index in [1.807, 2.05) is 12.7 Å². The van der Waals surface area contributed by atoms with Gasteiger partial charge in [-0.3, -0.25) is 0 Å². The highest BCUT2D eigenvalue weighted by molar-refractivity contribution is 5.82. The van der Waals surface area contributed by atoms with Crippen LogP contribution in [0.5, 0.6) is 0 Å². The molecule has 1 aliphatic rings. The Morgan fingerprint density at radius 3 is 1.43 bits per heavy atom. The Bertz CT molecular complexity index is 1800. The Morgan fingerprint density at radius 2 is 0.957 bits per heavy atom. The first-order valence-corrected chi connectivity index (χ1v) is 18.3. The second-order valence-electron chi connectivity index (χ2n) is 13.9. The third kappa shape index (κ3) is 6.40. The number of hydrogen-bond acceptors (Lipinski definition) is 2. The van der Waals surface area contributed by atoms with Crippen molar-refractivity contribution in [1.82, 2.24) is 19.1 Å². The van der Waals surface area contributed by atoms with E-state index in [0.717, 1.165) is 24.1 Å². The molecule has 0 bridgehead atoms. The Hall–Kier alpha value is -4.18. The maximum atomic E-state index is 4.69. The highest BCUT2D eigenvalue weighted by atomic mass is 15.0. The lowest BCUT2D eigenvalue weighted by Gasteiger charge is -2.33. The minimum atomic E-state index is 0.0448. The minimum Gasteiger partial charge on any atom is -0.326 e. The van der Waals surface area contributed by atoms with Gasteiger partial charge in [0.25, 0.3) is 0 Å². The number of fused-ring (bicyclic) bond motifs is 5. The molecule has 0 radical (unpaired) electrons. The van der Waals surface area contributed by atoms with Gasteiger partial charge in [-0.1, -0.05) is 139 Å². The summed E-state index contributed by atoms with van der Waals surface area (Å²) in [5, 5.41) is 0. The molecule has 47 heavy (non-hydrogen) atoms. The Morgan fingerprint density at radius 1 is 0.511 bits per heavy atom. The number of benzene rings is 4. The maximum absolute atomic E-state index is 4.69. The molecule has 2 heterocycles. The van der Waals surface area contributed by atoms with Crippen molar-refractivity contribution in [3.8, 4) is 11.1 Å². The van der Waals surface area contributed by atoms with E-state index in [4.69, 9.17) is 9.97 Å². The molecule has 242 valence electrons. The van der Waals surface area contributed by atoms with Crippen molar-refractivity contribution in [3.05, 3.63) is 120 Å². The Labute approximate surface area is 280 Å². The standard InChI is InChI=1S/C43H50N4/c1-3-5-7-9-15-25-43(26-16-10-8-6-4-2)37-27-33(29-46-31-44-39-17-11-13-19-41(39)46)21-23-35(37)36-24-22-34(28-38(36)43)30-47-32-45-40-18-12-14-20-42(40)47/h11-14,17-24,27-28,31-32H,3-10,15-16,25-26,29-30H2,1-2H3. The fraction of sp³-hybridized carbons (Fsp3) is 0.395. The van der Waals surface area contributed by atoms with Crippen LogP contribution >= 0.6 is 0 Å². The number of unbranched alkanes of at least 4 members (excludes halogenated alkanes) is 8. The van der Waals surface area contributed by atoms with E-state index >= 15 is 0 Å². The van der Waals surface area contributed by atoms with E-state index in [2.05, 4.69) is 108 Å². The summed E-state index contributed by atoms with van der Waals surface area (Å²) in [6.07, 6.45) is 19.6. The Kier molecular flexibility index (Phi) is 9.56. The summed E-state index contributed by atoms with van der Waals surface area (Å²) in [6.45, 7) is 6.31. The number of rotatable bonds is 16. The average Bonchev–Trinajstić information content (AvgIpc) is 3.78. The number of nitrogens with zero attached hydrogens (tertiary/aromatic N) is 4. The van der Waals surface area contributed by atoms with Crippen molar-refractivity contribution in [2.75, 3.05) is 0 Å². The van der Waals surface area contributed by atoms with E-state index in [1.165, 1.54) is 110 Å². The highest BCUT2D eigenvalue weighted by Crippen LogP contribution is 2.55. The molecular formula is C43H50N4. The van der Waals surface area contributed by atoms with Crippen LogP contribution in [0.15, 0.2) is 97.6 Å². The molecule has 0 amide bonds. The van der Waals surface area contributed by atoms with Gasteiger partial charge in [0, 0.05) is 18.5 Å². The van der Waals surface area contributed by atoms with Gasteiger partial charge in [0.1, 0.15) is 0 Å². The quantitative estimate of drug-likeness (QED) is 0.101. The van der Waals surface area contributed by atoms with E-state index < -0.39 is 0 Å². The topological polar surface area (TPSA) is 35.6 Å². The molecule has 0 aliphatic heterocycles. The van der Waals surface area contributed by atoms with E-state index in [0.29, 0.717) is 0 Å². The zero-order chi connectivity index (χ0) is 32.1. The number of aromatic nitrogens is 4. The molecule has 0 saturated heterocycles. The highest BCUT2D eigenvalue weighted by Gasteiger charge is 2.42. The zero-order valence-corrected chi connectivity index (χ0v) is 28.4. The van der Waals surface area contributed by atoms with E-state index in [9.17, 15) is 0 Å². The smallest absolute Gasteiger partial charge is 0.0961 e. The molecule has 0 atom stereocenters. The van der Waals surface area contributed by atoms with E-state index in [1.54, 1.807) is 11.1 Å². The second kappa shape index (κ2) is 14.3.